The SMILES string of the molecule is COc1ccc(C(C)C)cc1C(=O)N1CCCN(C(=O)c2cc[nH]c2)CC1. The number of rotatable bonds is 4. The number of carbonyl (C=O) groups excluding carboxylic acids is 2. The zero-order valence-electron chi connectivity index (χ0n) is 16.2. The molecule has 0 unspecified atom stereocenters. The van der Waals surface area contributed by atoms with Crippen LogP contribution in [0.2, 0.25) is 0 Å². The zero-order valence-corrected chi connectivity index (χ0v) is 16.2. The highest BCUT2D eigenvalue weighted by atomic mass is 16.5. The molecule has 2 aromatic rings. The van der Waals surface area contributed by atoms with Crippen LogP contribution in [0.1, 0.15) is 52.5 Å². The number of ether oxygens (including phenoxy) is 1. The zero-order chi connectivity index (χ0) is 19.4. The third-order valence-corrected chi connectivity index (χ3v) is 5.04. The van der Waals surface area contributed by atoms with E-state index in [0.717, 1.165) is 12.0 Å². The number of hydrogen-bond donors (Lipinski definition) is 1. The Balaban J connectivity index is 1.74. The van der Waals surface area contributed by atoms with E-state index in [4.69, 9.17) is 4.74 Å². The number of H-pyrrole nitrogens is 1. The third kappa shape index (κ3) is 4.15. The molecule has 1 aromatic heterocycles. The summed E-state index contributed by atoms with van der Waals surface area (Å²) in [4.78, 5) is 32.3. The molecule has 1 aromatic carbocycles. The molecule has 0 spiro atoms. The van der Waals surface area contributed by atoms with E-state index in [1.807, 2.05) is 28.0 Å². The monoisotopic (exact) mass is 369 g/mol. The molecular weight excluding hydrogens is 342 g/mol. The summed E-state index contributed by atoms with van der Waals surface area (Å²) in [6, 6.07) is 7.57. The van der Waals surface area contributed by atoms with Crippen molar-refractivity contribution in [1.29, 1.82) is 0 Å². The molecule has 1 fully saturated rings. The van der Waals surface area contributed by atoms with Gasteiger partial charge in [-0.25, -0.2) is 0 Å². The molecule has 6 heteroatoms. The van der Waals surface area contributed by atoms with Gasteiger partial charge in [0.1, 0.15) is 5.75 Å². The molecule has 1 aliphatic rings. The molecule has 27 heavy (non-hydrogen) atoms. The standard InChI is InChI=1S/C21H27N3O3/c1-15(2)16-5-6-19(27-3)18(13-16)21(26)24-10-4-9-23(11-12-24)20(25)17-7-8-22-14-17/h5-8,13-15,22H,4,9-12H2,1-3H3. The van der Waals surface area contributed by atoms with Crippen molar-refractivity contribution >= 4 is 11.8 Å². The van der Waals surface area contributed by atoms with Crippen molar-refractivity contribution in [2.45, 2.75) is 26.2 Å². The van der Waals surface area contributed by atoms with E-state index in [-0.39, 0.29) is 11.8 Å². The quantitative estimate of drug-likeness (QED) is 0.900. The van der Waals surface area contributed by atoms with Crippen molar-refractivity contribution in [2.75, 3.05) is 33.3 Å². The summed E-state index contributed by atoms with van der Waals surface area (Å²) < 4.78 is 5.42. The van der Waals surface area contributed by atoms with Crippen LogP contribution in [0, 0.1) is 0 Å². The van der Waals surface area contributed by atoms with Crippen LogP contribution in [0.15, 0.2) is 36.7 Å². The normalized spacial score (nSPS) is 15.0. The van der Waals surface area contributed by atoms with E-state index < -0.39 is 0 Å². The van der Waals surface area contributed by atoms with E-state index in [9.17, 15) is 9.59 Å². The number of methoxy groups -OCH3 is 1. The molecule has 3 rings (SSSR count). The highest BCUT2D eigenvalue weighted by molar-refractivity contribution is 5.97. The summed E-state index contributed by atoms with van der Waals surface area (Å²) in [5, 5.41) is 0. The summed E-state index contributed by atoms with van der Waals surface area (Å²) in [5.74, 6) is 0.894. The van der Waals surface area contributed by atoms with Crippen LogP contribution in [0.4, 0.5) is 0 Å². The first-order chi connectivity index (χ1) is 13.0. The van der Waals surface area contributed by atoms with Crippen molar-refractivity contribution in [3.05, 3.63) is 53.3 Å². The van der Waals surface area contributed by atoms with Crippen LogP contribution in [0.3, 0.4) is 0 Å². The predicted molar refractivity (Wildman–Crippen MR) is 104 cm³/mol. The van der Waals surface area contributed by atoms with Gasteiger partial charge in [-0.1, -0.05) is 19.9 Å². The largest absolute Gasteiger partial charge is 0.496 e. The highest BCUT2D eigenvalue weighted by Gasteiger charge is 2.25. The Morgan fingerprint density at radius 2 is 1.74 bits per heavy atom. The fraction of sp³-hybridized carbons (Fsp3) is 0.429. The Labute approximate surface area is 160 Å². The molecular formula is C21H27N3O3. The number of aromatic nitrogens is 1. The Kier molecular flexibility index (Phi) is 5.84. The third-order valence-electron chi connectivity index (χ3n) is 5.04. The lowest BCUT2D eigenvalue weighted by Gasteiger charge is -2.23. The molecule has 0 atom stereocenters. The number of hydrogen-bond acceptors (Lipinski definition) is 3. The lowest BCUT2D eigenvalue weighted by Crippen LogP contribution is -2.37. The summed E-state index contributed by atoms with van der Waals surface area (Å²) >= 11 is 0. The first-order valence-electron chi connectivity index (χ1n) is 9.40. The second kappa shape index (κ2) is 8.29. The fourth-order valence-corrected chi connectivity index (χ4v) is 3.39. The van der Waals surface area contributed by atoms with Gasteiger partial charge in [-0.3, -0.25) is 9.59 Å². The van der Waals surface area contributed by atoms with Gasteiger partial charge in [-0.15, -0.1) is 0 Å². The second-order valence-corrected chi connectivity index (χ2v) is 7.15. The van der Waals surface area contributed by atoms with E-state index in [1.165, 1.54) is 0 Å². The van der Waals surface area contributed by atoms with Crippen molar-refractivity contribution in [3.63, 3.8) is 0 Å². The number of benzene rings is 1. The van der Waals surface area contributed by atoms with Crippen LogP contribution in [-0.2, 0) is 0 Å². The molecule has 1 N–H and O–H groups in total. The number of amides is 2. The van der Waals surface area contributed by atoms with Crippen LogP contribution in [0.25, 0.3) is 0 Å². The Hall–Kier alpha value is -2.76. The smallest absolute Gasteiger partial charge is 0.257 e. The molecule has 1 saturated heterocycles. The minimum Gasteiger partial charge on any atom is -0.496 e. The highest BCUT2D eigenvalue weighted by Crippen LogP contribution is 2.26. The van der Waals surface area contributed by atoms with Crippen LogP contribution < -0.4 is 4.74 Å². The number of carbonyl (C=O) groups is 2. The van der Waals surface area contributed by atoms with Gasteiger partial charge in [-0.2, -0.15) is 0 Å². The lowest BCUT2D eigenvalue weighted by atomic mass is 9.99. The average molecular weight is 369 g/mol. The molecule has 1 aliphatic heterocycles. The predicted octanol–water partition coefficient (Wildman–Crippen LogP) is 3.14. The fourth-order valence-electron chi connectivity index (χ4n) is 3.39. The minimum absolute atomic E-state index is 0.00457. The maximum Gasteiger partial charge on any atom is 0.257 e. The molecule has 0 radical (unpaired) electrons. The summed E-state index contributed by atoms with van der Waals surface area (Å²) in [6.45, 7) is 6.53. The lowest BCUT2D eigenvalue weighted by molar-refractivity contribution is 0.0717. The number of nitrogens with one attached hydrogen (secondary N) is 1. The van der Waals surface area contributed by atoms with E-state index in [0.29, 0.717) is 49.0 Å². The van der Waals surface area contributed by atoms with Gasteiger partial charge in [0.2, 0.25) is 0 Å². The number of nitrogens with zero attached hydrogens (tertiary/aromatic N) is 2. The van der Waals surface area contributed by atoms with Gasteiger partial charge in [-0.05, 0) is 36.1 Å². The number of aromatic amines is 1. The Bertz CT molecular complexity index is 799. The van der Waals surface area contributed by atoms with Gasteiger partial charge in [0, 0.05) is 38.6 Å². The van der Waals surface area contributed by atoms with Crippen molar-refractivity contribution < 1.29 is 14.3 Å². The maximum absolute atomic E-state index is 13.1. The van der Waals surface area contributed by atoms with E-state index in [2.05, 4.69) is 18.8 Å². The van der Waals surface area contributed by atoms with Crippen LogP contribution in [-0.4, -0.2) is 59.9 Å². The van der Waals surface area contributed by atoms with Gasteiger partial charge in [0.25, 0.3) is 11.8 Å². The Morgan fingerprint density at radius 1 is 1.04 bits per heavy atom. The van der Waals surface area contributed by atoms with Crippen molar-refractivity contribution in [2.24, 2.45) is 0 Å². The topological polar surface area (TPSA) is 65.6 Å². The molecule has 0 saturated carbocycles. The van der Waals surface area contributed by atoms with Gasteiger partial charge >= 0.3 is 0 Å². The van der Waals surface area contributed by atoms with Crippen molar-refractivity contribution in [3.8, 4) is 5.75 Å². The molecule has 0 bridgehead atoms. The van der Waals surface area contributed by atoms with Crippen LogP contribution >= 0.6 is 0 Å². The first kappa shape index (κ1) is 19.0. The van der Waals surface area contributed by atoms with Crippen LogP contribution in [0.5, 0.6) is 5.75 Å². The molecule has 0 aliphatic carbocycles. The summed E-state index contributed by atoms with van der Waals surface area (Å²) in [6.07, 6.45) is 4.21. The van der Waals surface area contributed by atoms with Crippen molar-refractivity contribution in [1.82, 2.24) is 14.8 Å². The van der Waals surface area contributed by atoms with Gasteiger partial charge in [0.15, 0.2) is 0 Å². The van der Waals surface area contributed by atoms with Gasteiger partial charge < -0.3 is 19.5 Å². The summed E-state index contributed by atoms with van der Waals surface area (Å²) in [5.41, 5.74) is 2.36. The first-order valence-corrected chi connectivity index (χ1v) is 9.40. The van der Waals surface area contributed by atoms with Gasteiger partial charge in [0.05, 0.1) is 18.2 Å². The molecule has 2 heterocycles. The molecule has 2 amide bonds. The maximum atomic E-state index is 13.1. The van der Waals surface area contributed by atoms with E-state index >= 15 is 0 Å². The van der Waals surface area contributed by atoms with E-state index in [1.54, 1.807) is 25.6 Å². The summed E-state index contributed by atoms with van der Waals surface area (Å²) in [7, 11) is 1.58. The Morgan fingerprint density at radius 3 is 2.33 bits per heavy atom. The average Bonchev–Trinajstić information content (AvgIpc) is 3.11. The minimum atomic E-state index is -0.0368. The molecule has 6 nitrogen and oxygen atoms in total. The molecule has 144 valence electrons. The second-order valence-electron chi connectivity index (χ2n) is 7.15.